The normalized spacial score (nSPS) is 49.0. The van der Waals surface area contributed by atoms with Gasteiger partial charge in [-0.1, -0.05) is 25.5 Å². The van der Waals surface area contributed by atoms with Crippen LogP contribution in [0.25, 0.3) is 0 Å². The van der Waals surface area contributed by atoms with Crippen molar-refractivity contribution in [1.82, 2.24) is 0 Å². The van der Waals surface area contributed by atoms with Crippen LogP contribution >= 0.6 is 0 Å². The molecule has 0 saturated heterocycles. The van der Waals surface area contributed by atoms with Crippen LogP contribution < -0.4 is 0 Å². The van der Waals surface area contributed by atoms with E-state index in [1.807, 2.05) is 0 Å². The third-order valence-corrected chi connectivity index (χ3v) is 9.19. The smallest absolute Gasteiger partial charge is 0.0701 e. The second-order valence-corrected chi connectivity index (χ2v) is 10.2. The molecule has 0 bridgehead atoms. The van der Waals surface area contributed by atoms with Gasteiger partial charge in [0.05, 0.1) is 25.4 Å². The summed E-state index contributed by atoms with van der Waals surface area (Å²) in [5.41, 5.74) is 2.29. The van der Waals surface area contributed by atoms with Crippen LogP contribution in [0.1, 0.15) is 72.1 Å². The number of aliphatic hydroxyl groups excluding tert-OH is 2. The molecule has 0 aromatic heterocycles. The average Bonchev–Trinajstić information content (AvgIpc) is 2.97. The number of aliphatic hydroxyl groups is 2. The van der Waals surface area contributed by atoms with Crippen molar-refractivity contribution in [3.63, 3.8) is 0 Å². The van der Waals surface area contributed by atoms with E-state index in [0.29, 0.717) is 23.4 Å². The summed E-state index contributed by atoms with van der Waals surface area (Å²) in [6, 6.07) is 0. The monoisotopic (exact) mass is 362 g/mol. The number of hydrogen-bond acceptors (Lipinski definition) is 3. The van der Waals surface area contributed by atoms with Crippen LogP contribution in [0.4, 0.5) is 0 Å². The van der Waals surface area contributed by atoms with Gasteiger partial charge in [-0.15, -0.1) is 0 Å². The van der Waals surface area contributed by atoms with Gasteiger partial charge in [-0.3, -0.25) is 0 Å². The van der Waals surface area contributed by atoms with E-state index in [0.717, 1.165) is 30.6 Å². The minimum Gasteiger partial charge on any atom is -0.394 e. The highest BCUT2D eigenvalue weighted by atomic mass is 16.5. The van der Waals surface area contributed by atoms with Crippen LogP contribution in [0.15, 0.2) is 11.6 Å². The predicted molar refractivity (Wildman–Crippen MR) is 104 cm³/mol. The molecule has 4 rings (SSSR count). The van der Waals surface area contributed by atoms with Gasteiger partial charge in [0, 0.05) is 0 Å². The van der Waals surface area contributed by atoms with Crippen LogP contribution in [0.2, 0.25) is 0 Å². The average molecular weight is 363 g/mol. The van der Waals surface area contributed by atoms with E-state index in [9.17, 15) is 5.11 Å². The fraction of sp³-hybridized carbons (Fsp3) is 0.913. The van der Waals surface area contributed by atoms with Gasteiger partial charge in [-0.05, 0) is 92.8 Å². The Morgan fingerprint density at radius 1 is 1.15 bits per heavy atom. The predicted octanol–water partition coefficient (Wildman–Crippen LogP) is 4.32. The quantitative estimate of drug-likeness (QED) is 0.732. The first-order valence-electron chi connectivity index (χ1n) is 11.0. The highest BCUT2D eigenvalue weighted by molar-refractivity contribution is 5.25. The summed E-state index contributed by atoms with van der Waals surface area (Å²) in [5.74, 6) is 3.06. The first-order valence-corrected chi connectivity index (χ1v) is 11.0. The molecule has 4 aliphatic carbocycles. The lowest BCUT2D eigenvalue weighted by Gasteiger charge is -2.58. The zero-order chi connectivity index (χ0) is 18.5. The zero-order valence-electron chi connectivity index (χ0n) is 16.9. The minimum atomic E-state index is -0.111. The van der Waals surface area contributed by atoms with Gasteiger partial charge in [0.1, 0.15) is 0 Å². The van der Waals surface area contributed by atoms with Crippen LogP contribution in [0, 0.1) is 34.5 Å². The molecule has 3 nitrogen and oxygen atoms in total. The highest BCUT2D eigenvalue weighted by Crippen LogP contribution is 2.66. The third kappa shape index (κ3) is 2.81. The molecule has 0 heterocycles. The lowest BCUT2D eigenvalue weighted by atomic mass is 9.47. The summed E-state index contributed by atoms with van der Waals surface area (Å²) in [4.78, 5) is 0. The maximum atomic E-state index is 10.1. The number of ether oxygens (including phenoxy) is 1. The Kier molecular flexibility index (Phi) is 5.03. The second-order valence-electron chi connectivity index (χ2n) is 10.2. The number of rotatable bonds is 4. The van der Waals surface area contributed by atoms with Crippen molar-refractivity contribution >= 4 is 0 Å². The van der Waals surface area contributed by atoms with Gasteiger partial charge in [0.15, 0.2) is 0 Å². The minimum absolute atomic E-state index is 0.111. The zero-order valence-corrected chi connectivity index (χ0v) is 16.9. The fourth-order valence-corrected chi connectivity index (χ4v) is 7.81. The topological polar surface area (TPSA) is 49.7 Å². The van der Waals surface area contributed by atoms with Crippen molar-refractivity contribution in [3.05, 3.63) is 11.6 Å². The van der Waals surface area contributed by atoms with Crippen LogP contribution in [0.3, 0.4) is 0 Å². The molecule has 3 saturated carbocycles. The number of fused-ring (bicyclic) bond motifs is 5. The summed E-state index contributed by atoms with van der Waals surface area (Å²) >= 11 is 0. The molecular formula is C23H38O3. The number of allylic oxidation sites excluding steroid dienone is 1. The van der Waals surface area contributed by atoms with E-state index in [-0.39, 0.29) is 18.8 Å². The maximum absolute atomic E-state index is 10.1. The molecule has 4 aliphatic rings. The van der Waals surface area contributed by atoms with E-state index in [1.54, 1.807) is 5.57 Å². The van der Waals surface area contributed by atoms with E-state index in [2.05, 4.69) is 26.8 Å². The SMILES string of the molecule is CC(OCCO)[C@H]1CC[C@H]2[C@@H]3CC=C4C[C@@H](O)CC[C@]4(C)[C@H]3CC[C@]12C. The van der Waals surface area contributed by atoms with Gasteiger partial charge in [-0.2, -0.15) is 0 Å². The van der Waals surface area contributed by atoms with Gasteiger partial charge in [0.25, 0.3) is 0 Å². The maximum Gasteiger partial charge on any atom is 0.0701 e. The highest BCUT2D eigenvalue weighted by Gasteiger charge is 2.59. The molecular weight excluding hydrogens is 324 g/mol. The lowest BCUT2D eigenvalue weighted by molar-refractivity contribution is -0.0840. The van der Waals surface area contributed by atoms with Crippen LogP contribution in [-0.4, -0.2) is 35.6 Å². The molecule has 3 fully saturated rings. The van der Waals surface area contributed by atoms with Gasteiger partial charge in [0.2, 0.25) is 0 Å². The molecule has 0 radical (unpaired) electrons. The van der Waals surface area contributed by atoms with Crippen molar-refractivity contribution in [2.75, 3.05) is 13.2 Å². The van der Waals surface area contributed by atoms with Crippen LogP contribution in [0.5, 0.6) is 0 Å². The van der Waals surface area contributed by atoms with Crippen LogP contribution in [-0.2, 0) is 4.74 Å². The summed E-state index contributed by atoms with van der Waals surface area (Å²) in [6.45, 7) is 7.86. The van der Waals surface area contributed by atoms with Crippen molar-refractivity contribution in [2.24, 2.45) is 34.5 Å². The Morgan fingerprint density at radius 2 is 1.96 bits per heavy atom. The van der Waals surface area contributed by atoms with E-state index in [1.165, 1.54) is 38.5 Å². The summed E-state index contributed by atoms with van der Waals surface area (Å²) in [7, 11) is 0. The van der Waals surface area contributed by atoms with Crippen molar-refractivity contribution in [2.45, 2.75) is 84.3 Å². The van der Waals surface area contributed by atoms with Gasteiger partial charge < -0.3 is 14.9 Å². The van der Waals surface area contributed by atoms with E-state index in [4.69, 9.17) is 9.84 Å². The molecule has 8 atom stereocenters. The lowest BCUT2D eigenvalue weighted by Crippen LogP contribution is -2.51. The largest absolute Gasteiger partial charge is 0.394 e. The second kappa shape index (κ2) is 6.90. The van der Waals surface area contributed by atoms with E-state index >= 15 is 0 Å². The molecule has 2 N–H and O–H groups in total. The molecule has 148 valence electrons. The molecule has 0 amide bonds. The number of hydrogen-bond donors (Lipinski definition) is 2. The Balaban J connectivity index is 1.56. The Morgan fingerprint density at radius 3 is 2.73 bits per heavy atom. The third-order valence-electron chi connectivity index (χ3n) is 9.19. The molecule has 26 heavy (non-hydrogen) atoms. The van der Waals surface area contributed by atoms with E-state index < -0.39 is 0 Å². The molecule has 3 heteroatoms. The standard InChI is InChI=1S/C23H38O3/c1-15(26-13-12-24)19-6-7-20-18-5-4-16-14-17(25)8-10-22(16,2)21(18)9-11-23(19,20)3/h4,15,17-21,24-25H,5-14H2,1-3H3/t15?,17-,18-,19+,20-,21-,22-,23+/m0/s1. The molecule has 0 spiro atoms. The Hall–Kier alpha value is -0.380. The van der Waals surface area contributed by atoms with Crippen molar-refractivity contribution in [3.8, 4) is 0 Å². The fourth-order valence-electron chi connectivity index (χ4n) is 7.81. The van der Waals surface area contributed by atoms with Crippen molar-refractivity contribution in [1.29, 1.82) is 0 Å². The molecule has 0 aliphatic heterocycles. The van der Waals surface area contributed by atoms with Crippen molar-refractivity contribution < 1.29 is 14.9 Å². The first-order chi connectivity index (χ1) is 12.4. The first kappa shape index (κ1) is 19.0. The Bertz CT molecular complexity index is 558. The molecule has 0 aromatic carbocycles. The summed E-state index contributed by atoms with van der Waals surface area (Å²) in [5, 5.41) is 19.3. The summed E-state index contributed by atoms with van der Waals surface area (Å²) in [6.07, 6.45) is 12.2. The summed E-state index contributed by atoms with van der Waals surface area (Å²) < 4.78 is 5.95. The molecule has 1 unspecified atom stereocenters. The Labute approximate surface area is 159 Å². The van der Waals surface area contributed by atoms with Gasteiger partial charge >= 0.3 is 0 Å². The van der Waals surface area contributed by atoms with Gasteiger partial charge in [-0.25, -0.2) is 0 Å². The molecule has 0 aromatic rings.